The number of ether oxygens (including phenoxy) is 1. The average Bonchev–Trinajstić information content (AvgIpc) is 2.81. The van der Waals surface area contributed by atoms with Crippen LogP contribution in [0, 0.1) is 5.41 Å². The molecule has 0 spiro atoms. The Morgan fingerprint density at radius 3 is 2.46 bits per heavy atom. The van der Waals surface area contributed by atoms with Crippen LogP contribution in [-0.2, 0) is 14.6 Å². The molecule has 1 rings (SSSR count). The SMILES string of the molecule is COCCS(=O)(=O)CC1(CBr)CC1. The van der Waals surface area contributed by atoms with E-state index in [4.69, 9.17) is 4.74 Å². The van der Waals surface area contributed by atoms with Gasteiger partial charge in [-0.1, -0.05) is 15.9 Å². The first-order valence-electron chi connectivity index (χ1n) is 4.29. The van der Waals surface area contributed by atoms with Crippen molar-refractivity contribution in [1.82, 2.24) is 0 Å². The molecule has 0 bridgehead atoms. The van der Waals surface area contributed by atoms with Gasteiger partial charge < -0.3 is 4.74 Å². The van der Waals surface area contributed by atoms with Crippen LogP contribution in [0.3, 0.4) is 0 Å². The van der Waals surface area contributed by atoms with Crippen molar-refractivity contribution < 1.29 is 13.2 Å². The van der Waals surface area contributed by atoms with Crippen LogP contribution in [0.4, 0.5) is 0 Å². The van der Waals surface area contributed by atoms with Gasteiger partial charge >= 0.3 is 0 Å². The molecule has 0 aromatic carbocycles. The molecule has 1 aliphatic rings. The highest BCUT2D eigenvalue weighted by Gasteiger charge is 2.44. The number of sulfone groups is 1. The minimum Gasteiger partial charge on any atom is -0.384 e. The van der Waals surface area contributed by atoms with Crippen molar-refractivity contribution in [2.75, 3.05) is 30.6 Å². The Morgan fingerprint density at radius 1 is 1.46 bits per heavy atom. The molecule has 0 aromatic heterocycles. The van der Waals surface area contributed by atoms with Gasteiger partial charge in [-0.2, -0.15) is 0 Å². The summed E-state index contributed by atoms with van der Waals surface area (Å²) in [7, 11) is -1.39. The number of hydrogen-bond acceptors (Lipinski definition) is 3. The molecule has 0 atom stereocenters. The monoisotopic (exact) mass is 270 g/mol. The number of alkyl halides is 1. The lowest BCUT2D eigenvalue weighted by Gasteiger charge is -2.11. The van der Waals surface area contributed by atoms with E-state index < -0.39 is 9.84 Å². The standard InChI is InChI=1S/C8H15BrO3S/c1-12-4-5-13(10,11)7-8(6-9)2-3-8/h2-7H2,1H3. The predicted molar refractivity (Wildman–Crippen MR) is 56.0 cm³/mol. The van der Waals surface area contributed by atoms with Crippen molar-refractivity contribution in [3.05, 3.63) is 0 Å². The molecule has 5 heteroatoms. The molecule has 0 unspecified atom stereocenters. The minimum atomic E-state index is -2.91. The molecule has 1 aliphatic carbocycles. The van der Waals surface area contributed by atoms with Crippen molar-refractivity contribution in [1.29, 1.82) is 0 Å². The third-order valence-corrected chi connectivity index (χ3v) is 5.40. The van der Waals surface area contributed by atoms with Gasteiger partial charge in [0.2, 0.25) is 0 Å². The largest absolute Gasteiger partial charge is 0.384 e. The van der Waals surface area contributed by atoms with Crippen LogP contribution >= 0.6 is 15.9 Å². The van der Waals surface area contributed by atoms with Crippen LogP contribution in [0.5, 0.6) is 0 Å². The summed E-state index contributed by atoms with van der Waals surface area (Å²) < 4.78 is 27.8. The lowest BCUT2D eigenvalue weighted by molar-refractivity contribution is 0.217. The molecule has 1 fully saturated rings. The van der Waals surface area contributed by atoms with Crippen LogP contribution in [0.1, 0.15) is 12.8 Å². The Hall–Kier alpha value is 0.390. The second-order valence-electron chi connectivity index (χ2n) is 3.72. The summed E-state index contributed by atoms with van der Waals surface area (Å²) in [6, 6.07) is 0. The van der Waals surface area contributed by atoms with Crippen molar-refractivity contribution >= 4 is 25.8 Å². The number of halogens is 1. The first-order chi connectivity index (χ1) is 6.04. The Morgan fingerprint density at radius 2 is 2.08 bits per heavy atom. The van der Waals surface area contributed by atoms with E-state index in [-0.39, 0.29) is 11.2 Å². The number of rotatable bonds is 6. The summed E-state index contributed by atoms with van der Waals surface area (Å²) in [5, 5.41) is 0.798. The van der Waals surface area contributed by atoms with E-state index in [0.29, 0.717) is 12.4 Å². The maximum Gasteiger partial charge on any atom is 0.153 e. The first kappa shape index (κ1) is 11.5. The second-order valence-corrected chi connectivity index (χ2v) is 6.46. The Balaban J connectivity index is 2.43. The maximum atomic E-state index is 11.5. The van der Waals surface area contributed by atoms with Crippen molar-refractivity contribution in [2.24, 2.45) is 5.41 Å². The van der Waals surface area contributed by atoms with Gasteiger partial charge in [0.25, 0.3) is 0 Å². The van der Waals surface area contributed by atoms with Crippen molar-refractivity contribution in [3.8, 4) is 0 Å². The molecule has 78 valence electrons. The van der Waals surface area contributed by atoms with Crippen LogP contribution < -0.4 is 0 Å². The van der Waals surface area contributed by atoms with E-state index in [1.165, 1.54) is 7.11 Å². The highest BCUT2D eigenvalue weighted by Crippen LogP contribution is 2.48. The number of methoxy groups -OCH3 is 1. The van der Waals surface area contributed by atoms with E-state index in [2.05, 4.69) is 15.9 Å². The van der Waals surface area contributed by atoms with Crippen molar-refractivity contribution in [3.63, 3.8) is 0 Å². The van der Waals surface area contributed by atoms with Gasteiger partial charge in [0.05, 0.1) is 18.1 Å². The molecular formula is C8H15BrO3S. The van der Waals surface area contributed by atoms with E-state index in [1.807, 2.05) is 0 Å². The normalized spacial score (nSPS) is 20.2. The van der Waals surface area contributed by atoms with Crippen LogP contribution in [0.25, 0.3) is 0 Å². The molecule has 0 radical (unpaired) electrons. The van der Waals surface area contributed by atoms with E-state index in [0.717, 1.165) is 18.2 Å². The Bertz CT molecular complexity index is 257. The molecule has 0 aliphatic heterocycles. The average molecular weight is 271 g/mol. The Labute approximate surface area is 87.9 Å². The lowest BCUT2D eigenvalue weighted by Crippen LogP contribution is -2.23. The van der Waals surface area contributed by atoms with E-state index >= 15 is 0 Å². The van der Waals surface area contributed by atoms with Gasteiger partial charge in [-0.15, -0.1) is 0 Å². The first-order valence-corrected chi connectivity index (χ1v) is 7.23. The van der Waals surface area contributed by atoms with Crippen molar-refractivity contribution in [2.45, 2.75) is 12.8 Å². The summed E-state index contributed by atoms with van der Waals surface area (Å²) in [4.78, 5) is 0. The van der Waals surface area contributed by atoms with Gasteiger partial charge in [0, 0.05) is 12.4 Å². The summed E-state index contributed by atoms with van der Waals surface area (Å²) in [5.74, 6) is 0.465. The second kappa shape index (κ2) is 4.28. The predicted octanol–water partition coefficient (Wildman–Crippen LogP) is 1.22. The van der Waals surface area contributed by atoms with Gasteiger partial charge in [0.15, 0.2) is 9.84 Å². The fourth-order valence-corrected chi connectivity index (χ4v) is 4.15. The molecule has 3 nitrogen and oxygen atoms in total. The maximum absolute atomic E-state index is 11.5. The molecule has 0 saturated heterocycles. The summed E-state index contributed by atoms with van der Waals surface area (Å²) >= 11 is 3.36. The van der Waals surface area contributed by atoms with Gasteiger partial charge in [-0.25, -0.2) is 8.42 Å². The van der Waals surface area contributed by atoms with Crippen LogP contribution in [0.15, 0.2) is 0 Å². The Kier molecular flexibility index (Phi) is 3.77. The zero-order valence-electron chi connectivity index (χ0n) is 7.75. The van der Waals surface area contributed by atoms with Crippen LogP contribution in [-0.4, -0.2) is 39.0 Å². The third kappa shape index (κ3) is 3.56. The number of hydrogen-bond donors (Lipinski definition) is 0. The van der Waals surface area contributed by atoms with E-state index in [9.17, 15) is 8.42 Å². The van der Waals surface area contributed by atoms with Gasteiger partial charge in [-0.05, 0) is 18.3 Å². The molecule has 0 amide bonds. The topological polar surface area (TPSA) is 43.4 Å². The minimum absolute atomic E-state index is 0.0482. The molecule has 0 heterocycles. The zero-order valence-corrected chi connectivity index (χ0v) is 10.2. The lowest BCUT2D eigenvalue weighted by atomic mass is 10.2. The molecular weight excluding hydrogens is 256 g/mol. The smallest absolute Gasteiger partial charge is 0.153 e. The van der Waals surface area contributed by atoms with Crippen LogP contribution in [0.2, 0.25) is 0 Å². The highest BCUT2D eigenvalue weighted by molar-refractivity contribution is 9.09. The molecule has 0 N–H and O–H groups in total. The highest BCUT2D eigenvalue weighted by atomic mass is 79.9. The summed E-state index contributed by atoms with van der Waals surface area (Å²) in [5.41, 5.74) is 0.0482. The summed E-state index contributed by atoms with van der Waals surface area (Å²) in [6.45, 7) is 0.306. The van der Waals surface area contributed by atoms with Gasteiger partial charge in [0.1, 0.15) is 0 Å². The zero-order chi connectivity index (χ0) is 9.95. The molecule has 1 saturated carbocycles. The fraction of sp³-hybridized carbons (Fsp3) is 1.00. The van der Waals surface area contributed by atoms with Gasteiger partial charge in [-0.3, -0.25) is 0 Å². The quantitative estimate of drug-likeness (QED) is 0.682. The third-order valence-electron chi connectivity index (χ3n) is 2.37. The summed E-state index contributed by atoms with van der Waals surface area (Å²) in [6.07, 6.45) is 2.06. The van der Waals surface area contributed by atoms with E-state index in [1.54, 1.807) is 0 Å². The molecule has 0 aromatic rings. The molecule has 13 heavy (non-hydrogen) atoms. The fourth-order valence-electron chi connectivity index (χ4n) is 1.24.